The molecule has 4 rings (SSSR count). The van der Waals surface area contributed by atoms with E-state index in [-0.39, 0.29) is 18.2 Å². The molecule has 2 heterocycles. The van der Waals surface area contributed by atoms with Gasteiger partial charge in [0.15, 0.2) is 0 Å². The fraction of sp³-hybridized carbons (Fsp3) is 0.440. The first-order valence-electron chi connectivity index (χ1n) is 11.2. The van der Waals surface area contributed by atoms with Gasteiger partial charge in [0, 0.05) is 30.2 Å². The summed E-state index contributed by atoms with van der Waals surface area (Å²) < 4.78 is 5.37. The molecule has 170 valence electrons. The molecular formula is C25H30ClN3O3. The average molecular weight is 456 g/mol. The van der Waals surface area contributed by atoms with E-state index in [0.29, 0.717) is 23.0 Å². The zero-order valence-electron chi connectivity index (χ0n) is 18.6. The van der Waals surface area contributed by atoms with Gasteiger partial charge in [-0.1, -0.05) is 30.7 Å². The largest absolute Gasteiger partial charge is 0.495 e. The van der Waals surface area contributed by atoms with Crippen LogP contribution in [0.25, 0.3) is 0 Å². The highest BCUT2D eigenvalue weighted by Gasteiger charge is 2.36. The minimum absolute atomic E-state index is 0.114. The average Bonchev–Trinajstić information content (AvgIpc) is 3.18. The summed E-state index contributed by atoms with van der Waals surface area (Å²) in [6.45, 7) is 5.84. The van der Waals surface area contributed by atoms with Crippen LogP contribution < -0.4 is 15.0 Å². The number of rotatable bonds is 6. The van der Waals surface area contributed by atoms with Crippen LogP contribution >= 0.6 is 11.6 Å². The number of amides is 2. The molecule has 2 aromatic carbocycles. The fourth-order valence-electron chi connectivity index (χ4n) is 4.41. The van der Waals surface area contributed by atoms with Crippen molar-refractivity contribution in [3.05, 3.63) is 53.1 Å². The molecule has 32 heavy (non-hydrogen) atoms. The van der Waals surface area contributed by atoms with E-state index in [2.05, 4.69) is 29.3 Å². The highest BCUT2D eigenvalue weighted by atomic mass is 35.5. The van der Waals surface area contributed by atoms with Gasteiger partial charge >= 0.3 is 0 Å². The van der Waals surface area contributed by atoms with E-state index in [1.165, 1.54) is 18.4 Å². The van der Waals surface area contributed by atoms with Crippen LogP contribution in [0, 0.1) is 11.8 Å². The second-order valence-corrected chi connectivity index (χ2v) is 9.30. The Balaban J connectivity index is 1.35. The third kappa shape index (κ3) is 5.25. The molecule has 0 radical (unpaired) electrons. The van der Waals surface area contributed by atoms with E-state index in [0.717, 1.165) is 31.2 Å². The van der Waals surface area contributed by atoms with Crippen LogP contribution in [-0.2, 0) is 16.1 Å². The number of piperidine rings is 1. The maximum Gasteiger partial charge on any atom is 0.229 e. The second-order valence-electron chi connectivity index (χ2n) is 8.87. The molecule has 2 aliphatic heterocycles. The lowest BCUT2D eigenvalue weighted by atomic mass is 9.99. The molecular weight excluding hydrogens is 426 g/mol. The molecule has 0 aliphatic carbocycles. The normalized spacial score (nSPS) is 19.9. The quantitative estimate of drug-likeness (QED) is 0.693. The predicted molar refractivity (Wildman–Crippen MR) is 127 cm³/mol. The predicted octanol–water partition coefficient (Wildman–Crippen LogP) is 4.57. The fourth-order valence-corrected chi connectivity index (χ4v) is 4.57. The van der Waals surface area contributed by atoms with Crippen LogP contribution in [0.2, 0.25) is 5.02 Å². The van der Waals surface area contributed by atoms with E-state index >= 15 is 0 Å². The number of hydrogen-bond donors (Lipinski definition) is 1. The topological polar surface area (TPSA) is 61.9 Å². The summed E-state index contributed by atoms with van der Waals surface area (Å²) >= 11 is 6.11. The number of likely N-dealkylation sites (tertiary alicyclic amines) is 1. The molecule has 2 saturated heterocycles. The molecule has 2 amide bonds. The SMILES string of the molecule is COc1ccc(Cl)cc1N1CC(C(=O)Nc2ccc(CN3CCC(C)CC3)cc2)CC1=O. The second kappa shape index (κ2) is 9.92. The van der Waals surface area contributed by atoms with Crippen LogP contribution in [0.1, 0.15) is 31.7 Å². The van der Waals surface area contributed by atoms with Crippen molar-refractivity contribution in [3.63, 3.8) is 0 Å². The molecule has 1 N–H and O–H groups in total. The number of halogens is 1. The molecule has 0 bridgehead atoms. The Bertz CT molecular complexity index is 971. The summed E-state index contributed by atoms with van der Waals surface area (Å²) in [5.41, 5.74) is 2.59. The lowest BCUT2D eigenvalue weighted by Crippen LogP contribution is -2.32. The van der Waals surface area contributed by atoms with Crippen LogP contribution in [0.3, 0.4) is 0 Å². The number of ether oxygens (including phenoxy) is 1. The molecule has 6 nitrogen and oxygen atoms in total. The molecule has 0 spiro atoms. The summed E-state index contributed by atoms with van der Waals surface area (Å²) in [7, 11) is 1.55. The minimum Gasteiger partial charge on any atom is -0.495 e. The van der Waals surface area contributed by atoms with Crippen LogP contribution in [0.4, 0.5) is 11.4 Å². The number of hydrogen-bond acceptors (Lipinski definition) is 4. The molecule has 7 heteroatoms. The number of benzene rings is 2. The van der Waals surface area contributed by atoms with Gasteiger partial charge in [-0.3, -0.25) is 14.5 Å². The van der Waals surface area contributed by atoms with Gasteiger partial charge in [0.25, 0.3) is 0 Å². The first kappa shape index (κ1) is 22.6. The smallest absolute Gasteiger partial charge is 0.229 e. The molecule has 2 fully saturated rings. The molecule has 0 saturated carbocycles. The number of carbonyl (C=O) groups excluding carboxylic acids is 2. The maximum atomic E-state index is 12.8. The zero-order valence-corrected chi connectivity index (χ0v) is 19.4. The van der Waals surface area contributed by atoms with Crippen molar-refractivity contribution in [2.75, 3.05) is 37.0 Å². The standard InChI is InChI=1S/C25H30ClN3O3/c1-17-9-11-28(12-10-17)15-18-3-6-21(7-4-18)27-25(31)19-13-24(30)29(16-19)22-14-20(26)5-8-23(22)32-2/h3-8,14,17,19H,9-13,15-16H2,1-2H3,(H,27,31). The Kier molecular flexibility index (Phi) is 7.01. The van der Waals surface area contributed by atoms with Crippen LogP contribution in [0.15, 0.2) is 42.5 Å². The van der Waals surface area contributed by atoms with Gasteiger partial charge in [-0.05, 0) is 67.7 Å². The Morgan fingerprint density at radius 3 is 2.56 bits per heavy atom. The molecule has 1 atom stereocenters. The number of methoxy groups -OCH3 is 1. The van der Waals surface area contributed by atoms with Crippen molar-refractivity contribution in [2.45, 2.75) is 32.7 Å². The summed E-state index contributed by atoms with van der Waals surface area (Å²) in [5, 5.41) is 3.48. The summed E-state index contributed by atoms with van der Waals surface area (Å²) in [6, 6.07) is 13.1. The van der Waals surface area contributed by atoms with E-state index < -0.39 is 5.92 Å². The van der Waals surface area contributed by atoms with Crippen molar-refractivity contribution in [1.29, 1.82) is 0 Å². The molecule has 2 aromatic rings. The van der Waals surface area contributed by atoms with Gasteiger partial charge in [0.05, 0.1) is 18.7 Å². The van der Waals surface area contributed by atoms with Gasteiger partial charge in [-0.2, -0.15) is 0 Å². The monoisotopic (exact) mass is 455 g/mol. The van der Waals surface area contributed by atoms with Crippen LogP contribution in [-0.4, -0.2) is 43.5 Å². The minimum atomic E-state index is -0.429. The Labute approximate surface area is 194 Å². The third-order valence-electron chi connectivity index (χ3n) is 6.43. The Hall–Kier alpha value is -2.57. The van der Waals surface area contributed by atoms with Crippen molar-refractivity contribution in [1.82, 2.24) is 4.90 Å². The maximum absolute atomic E-state index is 12.8. The number of nitrogens with one attached hydrogen (secondary N) is 1. The van der Waals surface area contributed by atoms with Gasteiger partial charge in [0.2, 0.25) is 11.8 Å². The Morgan fingerprint density at radius 2 is 1.88 bits per heavy atom. The van der Waals surface area contributed by atoms with Crippen molar-refractivity contribution in [3.8, 4) is 5.75 Å². The van der Waals surface area contributed by atoms with E-state index in [4.69, 9.17) is 16.3 Å². The highest BCUT2D eigenvalue weighted by Crippen LogP contribution is 2.35. The summed E-state index contributed by atoms with van der Waals surface area (Å²) in [4.78, 5) is 29.5. The summed E-state index contributed by atoms with van der Waals surface area (Å²) in [6.07, 6.45) is 2.67. The van der Waals surface area contributed by atoms with Gasteiger partial charge in [0.1, 0.15) is 5.75 Å². The first-order valence-corrected chi connectivity index (χ1v) is 11.6. The van der Waals surface area contributed by atoms with E-state index in [1.54, 1.807) is 30.2 Å². The lowest BCUT2D eigenvalue weighted by Gasteiger charge is -2.30. The molecule has 0 aromatic heterocycles. The number of nitrogens with zero attached hydrogens (tertiary/aromatic N) is 2. The Morgan fingerprint density at radius 1 is 1.16 bits per heavy atom. The zero-order chi connectivity index (χ0) is 22.7. The van der Waals surface area contributed by atoms with Gasteiger partial charge in [-0.25, -0.2) is 0 Å². The van der Waals surface area contributed by atoms with Crippen LogP contribution in [0.5, 0.6) is 5.75 Å². The van der Waals surface area contributed by atoms with Gasteiger partial charge in [-0.15, -0.1) is 0 Å². The first-order chi connectivity index (χ1) is 15.4. The summed E-state index contributed by atoms with van der Waals surface area (Å²) in [5.74, 6) is 0.683. The van der Waals surface area contributed by atoms with Crippen molar-refractivity contribution in [2.24, 2.45) is 11.8 Å². The number of carbonyl (C=O) groups is 2. The molecule has 1 unspecified atom stereocenters. The number of anilines is 2. The van der Waals surface area contributed by atoms with Crippen molar-refractivity contribution >= 4 is 34.8 Å². The highest BCUT2D eigenvalue weighted by molar-refractivity contribution is 6.31. The van der Waals surface area contributed by atoms with E-state index in [9.17, 15) is 9.59 Å². The molecule has 2 aliphatic rings. The van der Waals surface area contributed by atoms with Gasteiger partial charge < -0.3 is 15.0 Å². The van der Waals surface area contributed by atoms with E-state index in [1.807, 2.05) is 12.1 Å². The lowest BCUT2D eigenvalue weighted by molar-refractivity contribution is -0.122. The van der Waals surface area contributed by atoms with Crippen molar-refractivity contribution < 1.29 is 14.3 Å². The third-order valence-corrected chi connectivity index (χ3v) is 6.67.